The van der Waals surface area contributed by atoms with E-state index < -0.39 is 0 Å². The van der Waals surface area contributed by atoms with Crippen LogP contribution in [0.25, 0.3) is 0 Å². The fourth-order valence-electron chi connectivity index (χ4n) is 2.96. The number of anilines is 1. The van der Waals surface area contributed by atoms with Gasteiger partial charge in [-0.05, 0) is 12.1 Å². The molecule has 1 aromatic carbocycles. The van der Waals surface area contributed by atoms with Gasteiger partial charge in [-0.15, -0.1) is 11.3 Å². The van der Waals surface area contributed by atoms with E-state index in [1.54, 1.807) is 31.2 Å². The highest BCUT2D eigenvalue weighted by Crippen LogP contribution is 2.31. The Hall–Kier alpha value is -2.19. The minimum Gasteiger partial charge on any atom is -0.346 e. The molecule has 3 heterocycles. The maximum atomic E-state index is 12.4. The maximum absolute atomic E-state index is 12.4. The van der Waals surface area contributed by atoms with E-state index in [0.717, 1.165) is 18.2 Å². The molecular formula is C17H15N3O3S2. The molecule has 0 atom stereocenters. The van der Waals surface area contributed by atoms with Crippen LogP contribution in [0.4, 0.5) is 5.13 Å². The number of thioether (sulfide) groups is 1. The van der Waals surface area contributed by atoms with E-state index in [2.05, 4.69) is 9.88 Å². The average molecular weight is 373 g/mol. The fraction of sp³-hybridized carbons (Fsp3) is 0.294. The molecule has 2 aliphatic heterocycles. The van der Waals surface area contributed by atoms with Crippen LogP contribution in [0.5, 0.6) is 0 Å². The van der Waals surface area contributed by atoms with Gasteiger partial charge in [0.15, 0.2) is 10.2 Å². The zero-order valence-corrected chi connectivity index (χ0v) is 15.1. The van der Waals surface area contributed by atoms with Crippen LogP contribution < -0.4 is 4.90 Å². The van der Waals surface area contributed by atoms with Crippen LogP contribution in [0.15, 0.2) is 29.6 Å². The highest BCUT2D eigenvalue weighted by atomic mass is 32.2. The first-order chi connectivity index (χ1) is 12.0. The Kier molecular flexibility index (Phi) is 4.09. The third kappa shape index (κ3) is 2.96. The molecule has 0 spiro atoms. The van der Waals surface area contributed by atoms with E-state index in [4.69, 9.17) is 0 Å². The first-order valence-corrected chi connectivity index (χ1v) is 9.60. The molecule has 128 valence electrons. The summed E-state index contributed by atoms with van der Waals surface area (Å²) < 4.78 is 0. The number of hydrogen-bond acceptors (Lipinski definition) is 7. The second-order valence-corrected chi connectivity index (χ2v) is 8.31. The van der Waals surface area contributed by atoms with Crippen LogP contribution in [0.2, 0.25) is 0 Å². The molecule has 2 aromatic rings. The molecular weight excluding hydrogens is 358 g/mol. The van der Waals surface area contributed by atoms with Crippen LogP contribution in [-0.4, -0.2) is 45.2 Å². The van der Waals surface area contributed by atoms with Crippen molar-refractivity contribution < 1.29 is 14.4 Å². The third-order valence-corrected chi connectivity index (χ3v) is 6.10. The van der Waals surface area contributed by atoms with Crippen LogP contribution >= 0.6 is 23.1 Å². The molecule has 1 saturated heterocycles. The van der Waals surface area contributed by atoms with Gasteiger partial charge in [-0.25, -0.2) is 4.98 Å². The van der Waals surface area contributed by atoms with Gasteiger partial charge in [0, 0.05) is 30.6 Å². The first-order valence-electron chi connectivity index (χ1n) is 7.84. The molecule has 0 radical (unpaired) electrons. The maximum Gasteiger partial charge on any atom is 0.261 e. The lowest BCUT2D eigenvalue weighted by molar-refractivity contribution is -0.109. The number of rotatable bonds is 4. The number of imide groups is 1. The van der Waals surface area contributed by atoms with Crippen LogP contribution in [0, 0.1) is 0 Å². The van der Waals surface area contributed by atoms with E-state index >= 15 is 0 Å². The largest absolute Gasteiger partial charge is 0.346 e. The van der Waals surface area contributed by atoms with Crippen molar-refractivity contribution in [2.45, 2.75) is 18.7 Å². The summed E-state index contributed by atoms with van der Waals surface area (Å²) in [7, 11) is 0. The Morgan fingerprint density at radius 2 is 1.88 bits per heavy atom. The molecule has 25 heavy (non-hydrogen) atoms. The van der Waals surface area contributed by atoms with E-state index in [-0.39, 0.29) is 23.5 Å². The Morgan fingerprint density at radius 3 is 2.48 bits per heavy atom. The van der Waals surface area contributed by atoms with Gasteiger partial charge in [-0.1, -0.05) is 23.9 Å². The minimum absolute atomic E-state index is 0.134. The summed E-state index contributed by atoms with van der Waals surface area (Å²) >= 11 is 2.86. The highest BCUT2D eigenvalue weighted by Gasteiger charge is 2.36. The smallest absolute Gasteiger partial charge is 0.261 e. The monoisotopic (exact) mass is 373 g/mol. The number of benzene rings is 1. The molecule has 6 nitrogen and oxygen atoms in total. The lowest BCUT2D eigenvalue weighted by Gasteiger charge is -2.37. The number of nitrogens with zero attached hydrogens (tertiary/aromatic N) is 3. The van der Waals surface area contributed by atoms with Crippen molar-refractivity contribution in [2.75, 3.05) is 18.0 Å². The van der Waals surface area contributed by atoms with Gasteiger partial charge >= 0.3 is 0 Å². The molecule has 0 aliphatic carbocycles. The lowest BCUT2D eigenvalue weighted by Crippen LogP contribution is -2.49. The number of carbonyl (C=O) groups excluding carboxylic acids is 3. The quantitative estimate of drug-likeness (QED) is 0.767. The molecule has 2 amide bonds. The summed E-state index contributed by atoms with van der Waals surface area (Å²) in [4.78, 5) is 43.8. The average Bonchev–Trinajstić information content (AvgIpc) is 3.10. The van der Waals surface area contributed by atoms with Crippen molar-refractivity contribution in [3.8, 4) is 0 Å². The predicted molar refractivity (Wildman–Crippen MR) is 97.0 cm³/mol. The normalized spacial score (nSPS) is 17.0. The Balaban J connectivity index is 1.42. The summed E-state index contributed by atoms with van der Waals surface area (Å²) in [5, 5.41) is 3.20. The summed E-state index contributed by atoms with van der Waals surface area (Å²) in [6.07, 6.45) is 0. The molecule has 0 saturated carbocycles. The van der Waals surface area contributed by atoms with Crippen LogP contribution in [0.3, 0.4) is 0 Å². The zero-order chi connectivity index (χ0) is 17.6. The molecule has 2 aliphatic rings. The molecule has 1 aromatic heterocycles. The number of aromatic nitrogens is 1. The van der Waals surface area contributed by atoms with Crippen molar-refractivity contribution >= 4 is 45.2 Å². The zero-order valence-electron chi connectivity index (χ0n) is 13.5. The van der Waals surface area contributed by atoms with Crippen LogP contribution in [-0.2, 0) is 11.3 Å². The Bertz CT molecular complexity index is 839. The summed E-state index contributed by atoms with van der Waals surface area (Å²) in [6, 6.07) is 6.87. The number of carbonyl (C=O) groups is 3. The van der Waals surface area contributed by atoms with E-state index in [0.29, 0.717) is 22.1 Å². The van der Waals surface area contributed by atoms with Gasteiger partial charge in [-0.2, -0.15) is 0 Å². The Labute approximate surface area is 152 Å². The van der Waals surface area contributed by atoms with Crippen molar-refractivity contribution in [1.29, 1.82) is 0 Å². The number of fused-ring (bicyclic) bond motifs is 1. The van der Waals surface area contributed by atoms with E-state index in [1.807, 2.05) is 5.38 Å². The second-order valence-electron chi connectivity index (χ2n) is 6.00. The van der Waals surface area contributed by atoms with Crippen molar-refractivity contribution in [3.05, 3.63) is 46.5 Å². The fourth-order valence-corrected chi connectivity index (χ4v) is 4.78. The number of thiazole rings is 1. The summed E-state index contributed by atoms with van der Waals surface area (Å²) in [5.74, 6) is -0.533. The molecule has 4 rings (SSSR count). The number of hydrogen-bond donors (Lipinski definition) is 0. The van der Waals surface area contributed by atoms with Gasteiger partial charge < -0.3 is 4.90 Å². The van der Waals surface area contributed by atoms with Crippen molar-refractivity contribution in [3.63, 3.8) is 0 Å². The standard InChI is InChI=1S/C17H15N3O3S2/c1-10(21)25-12-7-19(8-12)17-18-11(9-24-17)6-20-15(22)13-4-2-3-5-14(13)16(20)23/h2-5,9,12H,6-8H2,1H3. The predicted octanol–water partition coefficient (Wildman–Crippen LogP) is 2.41. The van der Waals surface area contributed by atoms with Gasteiger partial charge in [0.05, 0.1) is 23.4 Å². The van der Waals surface area contributed by atoms with Gasteiger partial charge in [0.2, 0.25) is 0 Å². The lowest BCUT2D eigenvalue weighted by atomic mass is 10.1. The SMILES string of the molecule is CC(=O)SC1CN(c2nc(CN3C(=O)c4ccccc4C3=O)cs2)C1. The molecule has 8 heteroatoms. The van der Waals surface area contributed by atoms with Crippen molar-refractivity contribution in [1.82, 2.24) is 9.88 Å². The van der Waals surface area contributed by atoms with Gasteiger partial charge in [-0.3, -0.25) is 19.3 Å². The minimum atomic E-state index is -0.267. The highest BCUT2D eigenvalue weighted by molar-refractivity contribution is 8.14. The van der Waals surface area contributed by atoms with Crippen LogP contribution in [0.1, 0.15) is 33.3 Å². The molecule has 1 fully saturated rings. The second kappa shape index (κ2) is 6.27. The van der Waals surface area contributed by atoms with Gasteiger partial charge in [0.25, 0.3) is 11.8 Å². The van der Waals surface area contributed by atoms with Crippen molar-refractivity contribution in [2.24, 2.45) is 0 Å². The van der Waals surface area contributed by atoms with E-state index in [9.17, 15) is 14.4 Å². The first kappa shape index (κ1) is 16.3. The molecule has 0 bridgehead atoms. The topological polar surface area (TPSA) is 70.6 Å². The summed E-state index contributed by atoms with van der Waals surface area (Å²) in [5.41, 5.74) is 1.61. The van der Waals surface area contributed by atoms with E-state index in [1.165, 1.54) is 28.0 Å². The van der Waals surface area contributed by atoms with Gasteiger partial charge in [0.1, 0.15) is 0 Å². The summed E-state index contributed by atoms with van der Waals surface area (Å²) in [6.45, 7) is 3.35. The third-order valence-electron chi connectivity index (χ3n) is 4.19. The molecule has 0 unspecified atom stereocenters. The molecule has 0 N–H and O–H groups in total. The Morgan fingerprint density at radius 1 is 1.24 bits per heavy atom. The number of amides is 2.